The molecule has 2 heterocycles. The minimum atomic E-state index is -0.194. The molecule has 126 valence electrons. The van der Waals surface area contributed by atoms with E-state index in [1.54, 1.807) is 6.07 Å². The molecule has 1 N–H and O–H groups in total. The third-order valence-corrected chi connectivity index (χ3v) is 4.08. The molecule has 1 aromatic carbocycles. The van der Waals surface area contributed by atoms with Crippen LogP contribution in [0.2, 0.25) is 5.02 Å². The number of amides is 1. The molecule has 0 saturated carbocycles. The van der Waals surface area contributed by atoms with Crippen molar-refractivity contribution in [2.24, 2.45) is 0 Å². The lowest BCUT2D eigenvalue weighted by Gasteiger charge is -2.27. The highest BCUT2D eigenvalue weighted by molar-refractivity contribution is 6.30. The van der Waals surface area contributed by atoms with Gasteiger partial charge in [-0.15, -0.1) is 0 Å². The fourth-order valence-corrected chi connectivity index (χ4v) is 2.62. The summed E-state index contributed by atoms with van der Waals surface area (Å²) in [6.07, 6.45) is 2.17. The molecule has 1 amide bonds. The van der Waals surface area contributed by atoms with Crippen molar-refractivity contribution in [3.05, 3.63) is 52.9 Å². The number of nitrogens with one attached hydrogen (secondary N) is 1. The SMILES string of the molecule is O=C(NCCc1ccc(Cl)cc1)c1cc(N2CCOCC2)ncn1. The van der Waals surface area contributed by atoms with E-state index in [4.69, 9.17) is 16.3 Å². The van der Waals surface area contributed by atoms with Gasteiger partial charge >= 0.3 is 0 Å². The first-order chi connectivity index (χ1) is 11.7. The van der Waals surface area contributed by atoms with Crippen LogP contribution in [-0.2, 0) is 11.2 Å². The van der Waals surface area contributed by atoms with E-state index in [0.29, 0.717) is 30.5 Å². The number of nitrogens with zero attached hydrogens (tertiary/aromatic N) is 3. The second-order valence-corrected chi connectivity index (χ2v) is 5.93. The molecule has 7 heteroatoms. The van der Waals surface area contributed by atoms with Crippen molar-refractivity contribution in [2.45, 2.75) is 6.42 Å². The topological polar surface area (TPSA) is 67.4 Å². The van der Waals surface area contributed by atoms with E-state index in [-0.39, 0.29) is 5.91 Å². The van der Waals surface area contributed by atoms with Crippen LogP contribution in [0.1, 0.15) is 16.1 Å². The predicted molar refractivity (Wildman–Crippen MR) is 92.6 cm³/mol. The molecule has 1 aliphatic rings. The molecule has 6 nitrogen and oxygen atoms in total. The second-order valence-electron chi connectivity index (χ2n) is 5.49. The Kier molecular flexibility index (Phi) is 5.61. The lowest BCUT2D eigenvalue weighted by Crippen LogP contribution is -2.37. The molecule has 1 aliphatic heterocycles. The van der Waals surface area contributed by atoms with Gasteiger partial charge in [0.1, 0.15) is 17.8 Å². The summed E-state index contributed by atoms with van der Waals surface area (Å²) in [6.45, 7) is 3.43. The van der Waals surface area contributed by atoms with Crippen LogP contribution in [0.4, 0.5) is 5.82 Å². The average Bonchev–Trinajstić information content (AvgIpc) is 2.64. The Bertz CT molecular complexity index is 687. The predicted octanol–water partition coefficient (Wildman–Crippen LogP) is 1.94. The molecule has 0 atom stereocenters. The fraction of sp³-hybridized carbons (Fsp3) is 0.353. The lowest BCUT2D eigenvalue weighted by molar-refractivity contribution is 0.0949. The minimum absolute atomic E-state index is 0.194. The van der Waals surface area contributed by atoms with Crippen molar-refractivity contribution in [1.29, 1.82) is 0 Å². The number of ether oxygens (including phenoxy) is 1. The maximum absolute atomic E-state index is 12.3. The van der Waals surface area contributed by atoms with E-state index in [2.05, 4.69) is 20.2 Å². The van der Waals surface area contributed by atoms with Crippen LogP contribution >= 0.6 is 11.6 Å². The normalized spacial score (nSPS) is 14.5. The first-order valence-corrected chi connectivity index (χ1v) is 8.27. The summed E-state index contributed by atoms with van der Waals surface area (Å²) < 4.78 is 5.33. The van der Waals surface area contributed by atoms with Crippen LogP contribution in [0.5, 0.6) is 0 Å². The van der Waals surface area contributed by atoms with Gasteiger partial charge in [0.15, 0.2) is 0 Å². The van der Waals surface area contributed by atoms with Gasteiger partial charge < -0.3 is 15.0 Å². The van der Waals surface area contributed by atoms with E-state index >= 15 is 0 Å². The molecule has 0 unspecified atom stereocenters. The van der Waals surface area contributed by atoms with E-state index in [9.17, 15) is 4.79 Å². The number of carbonyl (C=O) groups is 1. The van der Waals surface area contributed by atoms with Gasteiger partial charge in [-0.2, -0.15) is 0 Å². The Labute approximate surface area is 145 Å². The number of carbonyl (C=O) groups excluding carboxylic acids is 1. The molecule has 1 saturated heterocycles. The summed E-state index contributed by atoms with van der Waals surface area (Å²) in [4.78, 5) is 22.7. The summed E-state index contributed by atoms with van der Waals surface area (Å²) in [5, 5.41) is 3.59. The summed E-state index contributed by atoms with van der Waals surface area (Å²) in [5.74, 6) is 0.567. The highest BCUT2D eigenvalue weighted by Gasteiger charge is 2.15. The highest BCUT2D eigenvalue weighted by atomic mass is 35.5. The molecular weight excluding hydrogens is 328 g/mol. The Morgan fingerprint density at radius 3 is 2.71 bits per heavy atom. The molecule has 24 heavy (non-hydrogen) atoms. The van der Waals surface area contributed by atoms with Crippen LogP contribution < -0.4 is 10.2 Å². The van der Waals surface area contributed by atoms with Gasteiger partial charge in [-0.25, -0.2) is 9.97 Å². The van der Waals surface area contributed by atoms with Crippen molar-refractivity contribution < 1.29 is 9.53 Å². The number of morpholine rings is 1. The zero-order valence-corrected chi connectivity index (χ0v) is 14.0. The fourth-order valence-electron chi connectivity index (χ4n) is 2.50. The lowest BCUT2D eigenvalue weighted by atomic mass is 10.1. The number of halogens is 1. The Morgan fingerprint density at radius 2 is 1.96 bits per heavy atom. The minimum Gasteiger partial charge on any atom is -0.378 e. The molecule has 1 fully saturated rings. The van der Waals surface area contributed by atoms with E-state index < -0.39 is 0 Å². The van der Waals surface area contributed by atoms with Crippen molar-refractivity contribution in [1.82, 2.24) is 15.3 Å². The summed E-state index contributed by atoms with van der Waals surface area (Å²) in [6, 6.07) is 9.32. The van der Waals surface area contributed by atoms with Gasteiger partial charge in [0, 0.05) is 30.7 Å². The van der Waals surface area contributed by atoms with Gasteiger partial charge in [0.25, 0.3) is 5.91 Å². The van der Waals surface area contributed by atoms with Crippen molar-refractivity contribution in [3.63, 3.8) is 0 Å². The smallest absolute Gasteiger partial charge is 0.270 e. The van der Waals surface area contributed by atoms with Gasteiger partial charge in [-0.05, 0) is 24.1 Å². The highest BCUT2D eigenvalue weighted by Crippen LogP contribution is 2.13. The van der Waals surface area contributed by atoms with Crippen LogP contribution in [-0.4, -0.2) is 48.7 Å². The van der Waals surface area contributed by atoms with Crippen LogP contribution in [0.25, 0.3) is 0 Å². The molecule has 3 rings (SSSR count). The number of anilines is 1. The van der Waals surface area contributed by atoms with Gasteiger partial charge in [-0.3, -0.25) is 4.79 Å². The summed E-state index contributed by atoms with van der Waals surface area (Å²) >= 11 is 5.86. The monoisotopic (exact) mass is 346 g/mol. The number of benzene rings is 1. The number of hydrogen-bond acceptors (Lipinski definition) is 5. The van der Waals surface area contributed by atoms with Crippen LogP contribution in [0.3, 0.4) is 0 Å². The molecule has 2 aromatic rings. The number of aromatic nitrogens is 2. The summed E-state index contributed by atoms with van der Waals surface area (Å²) in [7, 11) is 0. The molecule has 0 aliphatic carbocycles. The number of hydrogen-bond donors (Lipinski definition) is 1. The molecular formula is C17H19ClN4O2. The van der Waals surface area contributed by atoms with E-state index in [0.717, 1.165) is 30.9 Å². The van der Waals surface area contributed by atoms with Gasteiger partial charge in [0.05, 0.1) is 13.2 Å². The zero-order valence-electron chi connectivity index (χ0n) is 13.2. The van der Waals surface area contributed by atoms with Crippen molar-refractivity contribution >= 4 is 23.3 Å². The largest absolute Gasteiger partial charge is 0.378 e. The third kappa shape index (κ3) is 4.43. The first kappa shape index (κ1) is 16.7. The molecule has 0 spiro atoms. The van der Waals surface area contributed by atoms with Crippen molar-refractivity contribution in [2.75, 3.05) is 37.7 Å². The van der Waals surface area contributed by atoms with Crippen molar-refractivity contribution in [3.8, 4) is 0 Å². The summed E-state index contributed by atoms with van der Waals surface area (Å²) in [5.41, 5.74) is 1.50. The van der Waals surface area contributed by atoms with Crippen LogP contribution in [0.15, 0.2) is 36.7 Å². The first-order valence-electron chi connectivity index (χ1n) is 7.90. The standard InChI is InChI=1S/C17H19ClN4O2/c18-14-3-1-13(2-4-14)5-6-19-17(23)15-11-16(21-12-20-15)22-7-9-24-10-8-22/h1-4,11-12H,5-10H2,(H,19,23). The molecule has 0 radical (unpaired) electrons. The third-order valence-electron chi connectivity index (χ3n) is 3.83. The van der Waals surface area contributed by atoms with E-state index in [1.165, 1.54) is 6.33 Å². The zero-order chi connectivity index (χ0) is 16.8. The molecule has 0 bridgehead atoms. The maximum atomic E-state index is 12.3. The number of rotatable bonds is 5. The quantitative estimate of drug-likeness (QED) is 0.896. The van der Waals surface area contributed by atoms with Crippen LogP contribution in [0, 0.1) is 0 Å². The van der Waals surface area contributed by atoms with Gasteiger partial charge in [0.2, 0.25) is 0 Å². The maximum Gasteiger partial charge on any atom is 0.270 e. The van der Waals surface area contributed by atoms with E-state index in [1.807, 2.05) is 24.3 Å². The van der Waals surface area contributed by atoms with Gasteiger partial charge in [-0.1, -0.05) is 23.7 Å². The average molecular weight is 347 g/mol. The Morgan fingerprint density at radius 1 is 1.21 bits per heavy atom. The Hall–Kier alpha value is -2.18. The second kappa shape index (κ2) is 8.08. The Balaban J connectivity index is 1.55. The molecule has 1 aromatic heterocycles.